The predicted molar refractivity (Wildman–Crippen MR) is 131 cm³/mol. The Morgan fingerprint density at radius 2 is 1.88 bits per heavy atom. The smallest absolute Gasteiger partial charge is 0.307 e. The zero-order chi connectivity index (χ0) is 24.2. The van der Waals surface area contributed by atoms with Crippen LogP contribution < -0.4 is 10.2 Å². The first-order valence-corrected chi connectivity index (χ1v) is 11.3. The summed E-state index contributed by atoms with van der Waals surface area (Å²) >= 11 is 6.84. The summed E-state index contributed by atoms with van der Waals surface area (Å²) in [6.07, 6.45) is 1.42. The fourth-order valence-electron chi connectivity index (χ4n) is 3.03. The molecule has 3 aromatic carbocycles. The van der Waals surface area contributed by atoms with Crippen LogP contribution in [0.2, 0.25) is 0 Å². The van der Waals surface area contributed by atoms with Gasteiger partial charge in [0, 0.05) is 23.1 Å². The van der Waals surface area contributed by atoms with Gasteiger partial charge in [0.15, 0.2) is 5.76 Å². The van der Waals surface area contributed by atoms with Gasteiger partial charge in [0.05, 0.1) is 20.1 Å². The Hall–Kier alpha value is -3.57. The van der Waals surface area contributed by atoms with Crippen LogP contribution >= 0.6 is 31.9 Å². The molecule has 0 saturated heterocycles. The van der Waals surface area contributed by atoms with E-state index in [1.165, 1.54) is 36.5 Å². The van der Waals surface area contributed by atoms with E-state index < -0.39 is 10.8 Å². The normalized spacial score (nSPS) is 11.1. The highest BCUT2D eigenvalue weighted by molar-refractivity contribution is 9.11. The van der Waals surface area contributed by atoms with Crippen molar-refractivity contribution in [2.75, 3.05) is 0 Å². The SMILES string of the molecule is O=C(N/N=C/c1cc(Br)c(OCc2ccccc2F)c(Br)c1)c1cc2cc([N+](=O)[O-])ccc2o1. The maximum absolute atomic E-state index is 13.8. The van der Waals surface area contributed by atoms with Gasteiger partial charge in [-0.15, -0.1) is 0 Å². The topological polar surface area (TPSA) is 107 Å². The number of non-ortho nitro benzene ring substituents is 1. The van der Waals surface area contributed by atoms with Gasteiger partial charge < -0.3 is 9.15 Å². The first-order valence-electron chi connectivity index (χ1n) is 9.68. The number of carbonyl (C=O) groups excluding carboxylic acids is 1. The number of amides is 1. The van der Waals surface area contributed by atoms with E-state index in [4.69, 9.17) is 9.15 Å². The average Bonchev–Trinajstić information content (AvgIpc) is 3.23. The first-order chi connectivity index (χ1) is 16.3. The molecule has 0 radical (unpaired) electrons. The number of fused-ring (bicyclic) bond motifs is 1. The number of nitro benzene ring substituents is 1. The lowest BCUT2D eigenvalue weighted by atomic mass is 10.2. The summed E-state index contributed by atoms with van der Waals surface area (Å²) in [5.41, 5.74) is 3.66. The quantitative estimate of drug-likeness (QED) is 0.153. The number of ether oxygens (including phenoxy) is 1. The Bertz CT molecular complexity index is 1410. The number of halogens is 3. The number of nitrogens with zero attached hydrogens (tertiary/aromatic N) is 2. The third-order valence-corrected chi connectivity index (χ3v) is 5.84. The van der Waals surface area contributed by atoms with Crippen LogP contribution in [0.25, 0.3) is 11.0 Å². The fourth-order valence-corrected chi connectivity index (χ4v) is 4.48. The molecule has 11 heteroatoms. The van der Waals surface area contributed by atoms with E-state index in [9.17, 15) is 19.3 Å². The number of nitrogens with one attached hydrogen (secondary N) is 1. The summed E-state index contributed by atoms with van der Waals surface area (Å²) in [6, 6.07) is 15.2. The molecule has 0 spiro atoms. The lowest BCUT2D eigenvalue weighted by Crippen LogP contribution is -2.16. The van der Waals surface area contributed by atoms with Crippen LogP contribution in [0.3, 0.4) is 0 Å². The number of rotatable bonds is 7. The molecule has 1 heterocycles. The van der Waals surface area contributed by atoms with E-state index >= 15 is 0 Å². The molecule has 0 unspecified atom stereocenters. The van der Waals surface area contributed by atoms with Crippen molar-refractivity contribution in [2.24, 2.45) is 5.10 Å². The molecule has 0 saturated carbocycles. The van der Waals surface area contributed by atoms with Crippen LogP contribution in [-0.4, -0.2) is 17.0 Å². The van der Waals surface area contributed by atoms with Crippen molar-refractivity contribution in [1.29, 1.82) is 0 Å². The zero-order valence-corrected chi connectivity index (χ0v) is 20.3. The molecular formula is C23H14Br2FN3O5. The molecule has 0 bridgehead atoms. The molecular weight excluding hydrogens is 577 g/mol. The monoisotopic (exact) mass is 589 g/mol. The molecule has 0 aliphatic carbocycles. The Kier molecular flexibility index (Phi) is 7.03. The minimum Gasteiger partial charge on any atom is -0.486 e. The molecule has 0 atom stereocenters. The van der Waals surface area contributed by atoms with Crippen LogP contribution in [0.15, 0.2) is 79.1 Å². The molecule has 4 rings (SSSR count). The van der Waals surface area contributed by atoms with Crippen molar-refractivity contribution in [2.45, 2.75) is 6.61 Å². The molecule has 172 valence electrons. The zero-order valence-electron chi connectivity index (χ0n) is 17.1. The second kappa shape index (κ2) is 10.1. The van der Waals surface area contributed by atoms with Crippen LogP contribution in [-0.2, 0) is 6.61 Å². The molecule has 34 heavy (non-hydrogen) atoms. The van der Waals surface area contributed by atoms with E-state index in [1.54, 1.807) is 30.3 Å². The largest absolute Gasteiger partial charge is 0.486 e. The lowest BCUT2D eigenvalue weighted by molar-refractivity contribution is -0.384. The maximum Gasteiger partial charge on any atom is 0.307 e. The van der Waals surface area contributed by atoms with E-state index in [1.807, 2.05) is 0 Å². The summed E-state index contributed by atoms with van der Waals surface area (Å²) in [5, 5.41) is 15.3. The fraction of sp³-hybridized carbons (Fsp3) is 0.0435. The summed E-state index contributed by atoms with van der Waals surface area (Å²) in [5.74, 6) is -0.511. The second-order valence-electron chi connectivity index (χ2n) is 6.98. The third-order valence-electron chi connectivity index (χ3n) is 4.66. The number of hydrogen-bond donors (Lipinski definition) is 1. The minimum atomic E-state index is -0.613. The number of furan rings is 1. The van der Waals surface area contributed by atoms with Crippen LogP contribution in [0.1, 0.15) is 21.7 Å². The Morgan fingerprint density at radius 3 is 2.59 bits per heavy atom. The molecule has 1 N–H and O–H groups in total. The van der Waals surface area contributed by atoms with Gasteiger partial charge in [0.25, 0.3) is 5.69 Å². The van der Waals surface area contributed by atoms with E-state index in [2.05, 4.69) is 42.4 Å². The highest BCUT2D eigenvalue weighted by atomic mass is 79.9. The van der Waals surface area contributed by atoms with Gasteiger partial charge >= 0.3 is 5.91 Å². The van der Waals surface area contributed by atoms with Crippen LogP contribution in [0, 0.1) is 15.9 Å². The molecule has 0 aliphatic heterocycles. The molecule has 4 aromatic rings. The Morgan fingerprint density at radius 1 is 1.15 bits per heavy atom. The van der Waals surface area contributed by atoms with E-state index in [0.717, 1.165) is 0 Å². The number of carbonyl (C=O) groups is 1. The number of nitro groups is 1. The summed E-state index contributed by atoms with van der Waals surface area (Å²) in [4.78, 5) is 22.7. The predicted octanol–water partition coefficient (Wildman–Crippen LogP) is 6.35. The van der Waals surface area contributed by atoms with E-state index in [0.29, 0.717) is 36.8 Å². The Balaban J connectivity index is 1.42. The van der Waals surface area contributed by atoms with Gasteiger partial charge in [-0.2, -0.15) is 5.10 Å². The highest BCUT2D eigenvalue weighted by Crippen LogP contribution is 2.35. The molecule has 0 fully saturated rings. The molecule has 8 nitrogen and oxygen atoms in total. The van der Waals surface area contributed by atoms with Gasteiger partial charge in [-0.25, -0.2) is 9.82 Å². The lowest BCUT2D eigenvalue weighted by Gasteiger charge is -2.11. The van der Waals surface area contributed by atoms with Crippen molar-refractivity contribution in [3.8, 4) is 5.75 Å². The van der Waals surface area contributed by atoms with Crippen molar-refractivity contribution in [3.63, 3.8) is 0 Å². The van der Waals surface area contributed by atoms with E-state index in [-0.39, 0.29) is 23.9 Å². The van der Waals surface area contributed by atoms with Crippen LogP contribution in [0.4, 0.5) is 10.1 Å². The minimum absolute atomic E-state index is 0.0353. The number of hydrazone groups is 1. The maximum atomic E-state index is 13.8. The molecule has 1 amide bonds. The Labute approximate surface area is 208 Å². The van der Waals surface area contributed by atoms with Crippen molar-refractivity contribution < 1.29 is 23.3 Å². The van der Waals surface area contributed by atoms with Crippen molar-refractivity contribution in [3.05, 3.63) is 102 Å². The van der Waals surface area contributed by atoms with Crippen molar-refractivity contribution in [1.82, 2.24) is 5.43 Å². The number of hydrogen-bond acceptors (Lipinski definition) is 6. The average molecular weight is 591 g/mol. The standard InChI is InChI=1S/C23H14Br2FN3O5/c24-17-7-13(8-18(25)22(17)33-12-14-3-1-2-4-19(14)26)11-27-28-23(30)21-10-15-9-16(29(31)32)5-6-20(15)34-21/h1-11H,12H2,(H,28,30)/b27-11+. The second-order valence-corrected chi connectivity index (χ2v) is 8.69. The van der Waals surface area contributed by atoms with Gasteiger partial charge in [-0.1, -0.05) is 18.2 Å². The summed E-state index contributed by atoms with van der Waals surface area (Å²) in [7, 11) is 0. The summed E-state index contributed by atoms with van der Waals surface area (Å²) < 4.78 is 26.2. The number of benzene rings is 3. The van der Waals surface area contributed by atoms with Gasteiger partial charge in [-0.3, -0.25) is 14.9 Å². The van der Waals surface area contributed by atoms with Gasteiger partial charge in [0.2, 0.25) is 0 Å². The third kappa shape index (κ3) is 5.32. The van der Waals surface area contributed by atoms with Crippen LogP contribution in [0.5, 0.6) is 5.75 Å². The van der Waals surface area contributed by atoms with Gasteiger partial charge in [-0.05, 0) is 67.8 Å². The van der Waals surface area contributed by atoms with Gasteiger partial charge in [0.1, 0.15) is 23.8 Å². The molecule has 1 aromatic heterocycles. The first kappa shape index (κ1) is 23.6. The molecule has 0 aliphatic rings. The van der Waals surface area contributed by atoms with Crippen molar-refractivity contribution >= 4 is 60.6 Å². The summed E-state index contributed by atoms with van der Waals surface area (Å²) in [6.45, 7) is 0.0496. The highest BCUT2D eigenvalue weighted by Gasteiger charge is 2.15.